The summed E-state index contributed by atoms with van der Waals surface area (Å²) in [5.74, 6) is -2.34. The molecule has 7 aliphatic heterocycles. The van der Waals surface area contributed by atoms with Crippen molar-refractivity contribution in [3.63, 3.8) is 0 Å². The molecule has 39 nitrogen and oxygen atoms in total. The van der Waals surface area contributed by atoms with E-state index in [2.05, 4.69) is 16.0 Å². The van der Waals surface area contributed by atoms with Gasteiger partial charge in [0.1, 0.15) is 171 Å². The summed E-state index contributed by atoms with van der Waals surface area (Å²) in [4.78, 5) is 36.6. The fourth-order valence-electron chi connectivity index (χ4n) is 11.1. The minimum Gasteiger partial charge on any atom is -0.394 e. The fourth-order valence-corrected chi connectivity index (χ4v) is 11.1. The first kappa shape index (κ1) is 71.5. The molecule has 23 N–H and O–H groups in total. The summed E-state index contributed by atoms with van der Waals surface area (Å²) in [5.41, 5.74) is 0. The van der Waals surface area contributed by atoms with Crippen molar-refractivity contribution < 1.29 is 178 Å². The van der Waals surface area contributed by atoms with Gasteiger partial charge in [0.25, 0.3) is 0 Å². The fraction of sp³-hybridized carbons (Fsp3) is 0.938. The number of aliphatic hydroxyl groups excluding tert-OH is 20. The third kappa shape index (κ3) is 15.8. The summed E-state index contributed by atoms with van der Waals surface area (Å²) < 4.78 is 74.7. The van der Waals surface area contributed by atoms with Crippen LogP contribution < -0.4 is 16.0 Å². The Balaban J connectivity index is 1.11. The lowest BCUT2D eigenvalue weighted by atomic mass is 9.94. The van der Waals surface area contributed by atoms with Crippen molar-refractivity contribution >= 4 is 17.7 Å². The topological polar surface area (TPSA) is 612 Å². The predicted molar refractivity (Wildman–Crippen MR) is 267 cm³/mol. The van der Waals surface area contributed by atoms with Crippen molar-refractivity contribution in [1.82, 2.24) is 16.0 Å². The summed E-state index contributed by atoms with van der Waals surface area (Å²) in [7, 11) is 0. The second kappa shape index (κ2) is 31.1. The van der Waals surface area contributed by atoms with E-state index >= 15 is 0 Å². The molecule has 7 rings (SSSR count). The molecule has 0 aromatic rings. The average Bonchev–Trinajstić information content (AvgIpc) is 1.59. The van der Waals surface area contributed by atoms with Crippen molar-refractivity contribution in [2.24, 2.45) is 0 Å². The van der Waals surface area contributed by atoms with E-state index < -0.39 is 279 Å². The maximum Gasteiger partial charge on any atom is 0.217 e. The van der Waals surface area contributed by atoms with E-state index in [0.717, 1.165) is 20.8 Å². The molecule has 0 unspecified atom stereocenters. The van der Waals surface area contributed by atoms with Gasteiger partial charge < -0.3 is 180 Å². The molecule has 0 aromatic heterocycles. The van der Waals surface area contributed by atoms with Crippen LogP contribution in [0, 0.1) is 0 Å². The Hall–Kier alpha value is -2.91. The Kier molecular flexibility index (Phi) is 25.6. The van der Waals surface area contributed by atoms with Gasteiger partial charge >= 0.3 is 0 Å². The van der Waals surface area contributed by atoms with E-state index in [1.165, 1.54) is 0 Å². The second-order valence-electron chi connectivity index (χ2n) is 21.8. The summed E-state index contributed by atoms with van der Waals surface area (Å²) in [6, 6.07) is -4.91. The van der Waals surface area contributed by atoms with Crippen LogP contribution in [0.25, 0.3) is 0 Å². The third-order valence-corrected chi connectivity index (χ3v) is 15.7. The number of carbonyl (C=O) groups is 3. The third-order valence-electron chi connectivity index (χ3n) is 15.7. The van der Waals surface area contributed by atoms with Gasteiger partial charge in [-0.2, -0.15) is 0 Å². The molecule has 7 fully saturated rings. The van der Waals surface area contributed by atoms with Crippen LogP contribution in [0.2, 0.25) is 0 Å². The molecule has 0 aromatic carbocycles. The number of nitrogens with one attached hydrogen (secondary N) is 3. The Labute approximate surface area is 492 Å². The van der Waals surface area contributed by atoms with Gasteiger partial charge in [-0.1, -0.05) is 0 Å². The highest BCUT2D eigenvalue weighted by Gasteiger charge is 2.59. The summed E-state index contributed by atoms with van der Waals surface area (Å²) >= 11 is 0. The van der Waals surface area contributed by atoms with Crippen LogP contribution in [0.3, 0.4) is 0 Å². The monoisotopic (exact) mass is 1280 g/mol. The first-order valence-electron chi connectivity index (χ1n) is 27.6. The van der Waals surface area contributed by atoms with Crippen molar-refractivity contribution in [1.29, 1.82) is 0 Å². The molecule has 87 heavy (non-hydrogen) atoms. The van der Waals surface area contributed by atoms with Gasteiger partial charge in [0.05, 0.1) is 46.2 Å². The molecule has 0 spiro atoms. The molecular formula is C48H81N3O36. The SMILES string of the molecule is CC(=O)N[C@@H]1[C@@H](O)[C@H](O[C@@H]2O[C@H](CO)[C@@H](O[C@@H]3O[C@H](CO[C@H]4O[C@H](CO)[C@@H](O)[C@H](O)[C@@H]4O)[C@@H](O)[C@H](O[C@H]4O[C@H](CO)[C@@H](O[C@@H]5O[C@H](CO)[C@H](O[C@@H]6O[C@H](CO)[C@@H](O)[C@H](O)[C@H]6NC(C)=O)[C@H](O)[C@H]5O)[C@H](O)[C@@H]4O)[C@@H]3O)[C@H](O)[C@H]2NC(C)=O)[C@@H](CO)O[C@H]1O. The van der Waals surface area contributed by atoms with Gasteiger partial charge in [-0.15, -0.1) is 0 Å². The quantitative estimate of drug-likeness (QED) is 0.0479. The Bertz CT molecular complexity index is 2180. The van der Waals surface area contributed by atoms with E-state index in [9.17, 15) is 117 Å². The minimum absolute atomic E-state index is 0.735. The zero-order chi connectivity index (χ0) is 64.2. The smallest absolute Gasteiger partial charge is 0.217 e. The predicted octanol–water partition coefficient (Wildman–Crippen LogP) is -15.8. The molecule has 35 atom stereocenters. The van der Waals surface area contributed by atoms with Gasteiger partial charge in [0, 0.05) is 20.8 Å². The van der Waals surface area contributed by atoms with Crippen LogP contribution in [0.1, 0.15) is 20.8 Å². The Morgan fingerprint density at radius 3 is 1.06 bits per heavy atom. The van der Waals surface area contributed by atoms with Crippen LogP contribution >= 0.6 is 0 Å². The normalized spacial score (nSPS) is 48.9. The molecule has 7 heterocycles. The van der Waals surface area contributed by atoms with Gasteiger partial charge in [-0.3, -0.25) is 14.4 Å². The number of hydrogen-bond acceptors (Lipinski definition) is 36. The van der Waals surface area contributed by atoms with Crippen LogP contribution in [0.15, 0.2) is 0 Å². The molecule has 7 saturated heterocycles. The first-order chi connectivity index (χ1) is 41.1. The first-order valence-corrected chi connectivity index (χ1v) is 27.6. The largest absolute Gasteiger partial charge is 0.394 e. The summed E-state index contributed by atoms with van der Waals surface area (Å²) in [6.45, 7) is -3.80. The lowest BCUT2D eigenvalue weighted by Crippen LogP contribution is -2.70. The van der Waals surface area contributed by atoms with Gasteiger partial charge in [-0.05, 0) is 0 Å². The zero-order valence-corrected chi connectivity index (χ0v) is 46.6. The molecule has 7 aliphatic rings. The highest BCUT2D eigenvalue weighted by atomic mass is 16.8. The number of amides is 3. The number of carbonyl (C=O) groups excluding carboxylic acids is 3. The maximum atomic E-state index is 12.7. The highest BCUT2D eigenvalue weighted by Crippen LogP contribution is 2.38. The van der Waals surface area contributed by atoms with Crippen LogP contribution in [-0.2, 0) is 76.0 Å². The van der Waals surface area contributed by atoms with Crippen molar-refractivity contribution in [2.75, 3.05) is 46.2 Å². The summed E-state index contributed by atoms with van der Waals surface area (Å²) in [6.07, 6.45) is -62.4. The van der Waals surface area contributed by atoms with E-state index in [1.54, 1.807) is 0 Å². The molecule has 3 amide bonds. The van der Waals surface area contributed by atoms with Crippen molar-refractivity contribution in [3.8, 4) is 0 Å². The number of ether oxygens (including phenoxy) is 13. The molecular weight excluding hydrogens is 1190 g/mol. The van der Waals surface area contributed by atoms with Gasteiger partial charge in [-0.25, -0.2) is 0 Å². The maximum absolute atomic E-state index is 12.7. The summed E-state index contributed by atoms with van der Waals surface area (Å²) in [5, 5.41) is 224. The van der Waals surface area contributed by atoms with Crippen molar-refractivity contribution in [2.45, 2.75) is 236 Å². The van der Waals surface area contributed by atoms with E-state index in [4.69, 9.17) is 61.6 Å². The Morgan fingerprint density at radius 1 is 0.299 bits per heavy atom. The van der Waals surface area contributed by atoms with Gasteiger partial charge in [0.15, 0.2) is 44.0 Å². The highest BCUT2D eigenvalue weighted by molar-refractivity contribution is 5.74. The van der Waals surface area contributed by atoms with E-state index in [0.29, 0.717) is 0 Å². The molecule has 0 saturated carbocycles. The average molecular weight is 1280 g/mol. The second-order valence-corrected chi connectivity index (χ2v) is 21.8. The number of rotatable bonds is 22. The lowest BCUT2D eigenvalue weighted by Gasteiger charge is -2.50. The number of aliphatic hydroxyl groups is 20. The molecule has 0 bridgehead atoms. The van der Waals surface area contributed by atoms with Crippen LogP contribution in [-0.4, -0.2) is 381 Å². The molecule has 0 aliphatic carbocycles. The minimum atomic E-state index is -2.36. The van der Waals surface area contributed by atoms with E-state index in [1.807, 2.05) is 0 Å². The standard InChI is InChI=1S/C48H81N3O36/c1-11(58)49-21-28(65)37(16(6-54)76-42(21)74)83-44-23(51-13(3)60)29(66)38(17(7-55)79-44)85-48-36(73)41(26(63)20(82-48)10-75-45-33(70)30(67)25(62)15(5-53)78-45)87-47-35(72)32(69)40(19(9-57)81-47)86-46-34(71)31(68)39(18(8-56)80-46)84-43-22(50-12(2)59)27(64)24(61)14(4-52)77-43/h14-48,52-57,61-74H,4-10H2,1-3H3,(H,49,58)(H,50,59)(H,51,60)/t14-,15-,16-,17-,18-,19-,20-,21-,22-,23-,24-,25-,26-,27-,28-,29-,30+,31-,32-,33+,34-,35+,36+,37-,38-,39+,40-,41+,42-,43+,44+,45+,46+,47-,48+/m1/s1. The van der Waals surface area contributed by atoms with Crippen molar-refractivity contribution in [3.05, 3.63) is 0 Å². The van der Waals surface area contributed by atoms with Crippen LogP contribution in [0.4, 0.5) is 0 Å². The molecule has 504 valence electrons. The number of hydrogen-bond donors (Lipinski definition) is 23. The van der Waals surface area contributed by atoms with E-state index in [-0.39, 0.29) is 0 Å². The molecule has 39 heteroatoms. The van der Waals surface area contributed by atoms with Gasteiger partial charge in [0.2, 0.25) is 17.7 Å². The molecule has 0 radical (unpaired) electrons. The zero-order valence-electron chi connectivity index (χ0n) is 46.6. The lowest BCUT2D eigenvalue weighted by molar-refractivity contribution is -0.394. The Morgan fingerprint density at radius 2 is 0.609 bits per heavy atom. The van der Waals surface area contributed by atoms with Crippen LogP contribution in [0.5, 0.6) is 0 Å².